The first-order valence-electron chi connectivity index (χ1n) is 4.54. The first-order chi connectivity index (χ1) is 7.18. The van der Waals surface area contributed by atoms with Gasteiger partial charge in [0.15, 0.2) is 0 Å². The number of carbonyl (C=O) groups excluding carboxylic acids is 1. The van der Waals surface area contributed by atoms with Gasteiger partial charge in [-0.1, -0.05) is 30.3 Å². The van der Waals surface area contributed by atoms with Gasteiger partial charge in [-0.05, 0) is 35.7 Å². The van der Waals surface area contributed by atoms with Crippen molar-refractivity contribution in [2.75, 3.05) is 0 Å². The van der Waals surface area contributed by atoms with Crippen molar-refractivity contribution in [3.8, 4) is 10.4 Å². The lowest BCUT2D eigenvalue weighted by Crippen LogP contribution is -1.79. The third-order valence-corrected chi connectivity index (χ3v) is 3.75. The second-order valence-electron chi connectivity index (χ2n) is 3.26. The Balaban J connectivity index is 2.50. The molecule has 1 aromatic heterocycles. The highest BCUT2D eigenvalue weighted by atomic mass is 35.5. The van der Waals surface area contributed by atoms with Gasteiger partial charge >= 0.3 is 0 Å². The number of carbonyl (C=O) groups is 1. The number of halogens is 1. The predicted molar refractivity (Wildman–Crippen MR) is 64.7 cm³/mol. The van der Waals surface area contributed by atoms with Gasteiger partial charge in [0.25, 0.3) is 5.24 Å². The molecule has 0 amide bonds. The van der Waals surface area contributed by atoms with E-state index in [1.807, 2.05) is 43.3 Å². The topological polar surface area (TPSA) is 17.1 Å². The summed E-state index contributed by atoms with van der Waals surface area (Å²) in [6.45, 7) is 1.99. The molecule has 0 spiro atoms. The Hall–Kier alpha value is -1.12. The number of thiophene rings is 1. The lowest BCUT2D eigenvalue weighted by atomic mass is 10.1. The van der Waals surface area contributed by atoms with Crippen LogP contribution in [0.1, 0.15) is 15.2 Å². The molecule has 1 nitrogen and oxygen atoms in total. The maximum absolute atomic E-state index is 11.0. The molecular formula is C12H9ClOS. The molecule has 2 aromatic rings. The van der Waals surface area contributed by atoms with Crippen molar-refractivity contribution in [3.05, 3.63) is 46.8 Å². The molecule has 3 heteroatoms. The Bertz CT molecular complexity index is 488. The van der Waals surface area contributed by atoms with E-state index in [0.717, 1.165) is 16.0 Å². The van der Waals surface area contributed by atoms with E-state index < -0.39 is 0 Å². The molecule has 0 unspecified atom stereocenters. The molecule has 0 radical (unpaired) electrons. The summed E-state index contributed by atoms with van der Waals surface area (Å²) in [6, 6.07) is 11.8. The fraction of sp³-hybridized carbons (Fsp3) is 0.0833. The molecule has 0 aliphatic carbocycles. The molecule has 0 aliphatic rings. The Morgan fingerprint density at radius 3 is 2.47 bits per heavy atom. The molecular weight excluding hydrogens is 228 g/mol. The van der Waals surface area contributed by atoms with Crippen molar-refractivity contribution >= 4 is 28.2 Å². The Labute approximate surface area is 97.3 Å². The van der Waals surface area contributed by atoms with Crippen LogP contribution in [0.15, 0.2) is 36.4 Å². The summed E-state index contributed by atoms with van der Waals surface area (Å²) >= 11 is 6.89. The summed E-state index contributed by atoms with van der Waals surface area (Å²) in [6.07, 6.45) is 0. The highest BCUT2D eigenvalue weighted by molar-refractivity contribution is 7.19. The predicted octanol–water partition coefficient (Wildman–Crippen LogP) is 4.10. The number of aryl methyl sites for hydroxylation is 1. The van der Waals surface area contributed by atoms with Crippen molar-refractivity contribution in [1.82, 2.24) is 0 Å². The fourth-order valence-corrected chi connectivity index (χ4v) is 2.64. The smallest absolute Gasteiger partial charge is 0.262 e. The van der Waals surface area contributed by atoms with Crippen LogP contribution in [0.5, 0.6) is 0 Å². The molecule has 0 saturated carbocycles. The van der Waals surface area contributed by atoms with E-state index in [1.165, 1.54) is 11.3 Å². The summed E-state index contributed by atoms with van der Waals surface area (Å²) in [5.74, 6) is 0. The molecule has 0 saturated heterocycles. The van der Waals surface area contributed by atoms with Gasteiger partial charge in [0.2, 0.25) is 0 Å². The minimum absolute atomic E-state index is 0.384. The van der Waals surface area contributed by atoms with E-state index in [-0.39, 0.29) is 5.24 Å². The van der Waals surface area contributed by atoms with Crippen LogP contribution >= 0.6 is 22.9 Å². The lowest BCUT2D eigenvalue weighted by Gasteiger charge is -1.97. The zero-order valence-corrected chi connectivity index (χ0v) is 9.73. The highest BCUT2D eigenvalue weighted by Crippen LogP contribution is 2.32. The van der Waals surface area contributed by atoms with Gasteiger partial charge in [0, 0.05) is 4.88 Å². The second kappa shape index (κ2) is 4.17. The minimum Gasteiger partial charge on any atom is -0.275 e. The third kappa shape index (κ3) is 2.11. The van der Waals surface area contributed by atoms with Gasteiger partial charge < -0.3 is 0 Å². The van der Waals surface area contributed by atoms with Gasteiger partial charge in [0.05, 0.1) is 4.88 Å². The quantitative estimate of drug-likeness (QED) is 0.718. The zero-order chi connectivity index (χ0) is 10.8. The number of rotatable bonds is 2. The van der Waals surface area contributed by atoms with Gasteiger partial charge in [-0.25, -0.2) is 0 Å². The van der Waals surface area contributed by atoms with Crippen LogP contribution in [0.4, 0.5) is 0 Å². The summed E-state index contributed by atoms with van der Waals surface area (Å²) in [5.41, 5.74) is 2.22. The van der Waals surface area contributed by atoms with Crippen LogP contribution in [-0.2, 0) is 0 Å². The van der Waals surface area contributed by atoms with Crippen LogP contribution in [0.3, 0.4) is 0 Å². The summed E-state index contributed by atoms with van der Waals surface area (Å²) in [5, 5.41) is -0.384. The molecule has 1 aromatic carbocycles. The molecule has 0 aliphatic heterocycles. The van der Waals surface area contributed by atoms with E-state index in [9.17, 15) is 4.79 Å². The Morgan fingerprint density at radius 2 is 1.93 bits per heavy atom. The summed E-state index contributed by atoms with van der Waals surface area (Å²) in [7, 11) is 0. The average Bonchev–Trinajstić information content (AvgIpc) is 2.62. The zero-order valence-electron chi connectivity index (χ0n) is 8.16. The summed E-state index contributed by atoms with van der Waals surface area (Å²) < 4.78 is 0. The lowest BCUT2D eigenvalue weighted by molar-refractivity contribution is 0.108. The second-order valence-corrected chi connectivity index (χ2v) is 4.66. The Morgan fingerprint density at radius 1 is 1.27 bits per heavy atom. The van der Waals surface area contributed by atoms with Gasteiger partial charge in [-0.3, -0.25) is 4.79 Å². The fourth-order valence-electron chi connectivity index (χ4n) is 1.46. The van der Waals surface area contributed by atoms with Crippen LogP contribution in [0.25, 0.3) is 10.4 Å². The van der Waals surface area contributed by atoms with Crippen LogP contribution in [-0.4, -0.2) is 5.24 Å². The van der Waals surface area contributed by atoms with E-state index in [0.29, 0.717) is 4.88 Å². The van der Waals surface area contributed by atoms with E-state index in [2.05, 4.69) is 0 Å². The molecule has 0 fully saturated rings. The number of hydrogen-bond donors (Lipinski definition) is 0. The first-order valence-corrected chi connectivity index (χ1v) is 5.73. The molecule has 1 heterocycles. The van der Waals surface area contributed by atoms with Crippen LogP contribution in [0.2, 0.25) is 0 Å². The van der Waals surface area contributed by atoms with Crippen molar-refractivity contribution in [3.63, 3.8) is 0 Å². The van der Waals surface area contributed by atoms with E-state index in [4.69, 9.17) is 11.6 Å². The standard InChI is InChI=1S/C12H9ClOS/c1-8-7-10(12(13)14)15-11(8)9-5-3-2-4-6-9/h2-7H,1H3. The van der Waals surface area contributed by atoms with Gasteiger partial charge in [-0.2, -0.15) is 0 Å². The normalized spacial score (nSPS) is 10.3. The Kier molecular flexibility index (Phi) is 2.89. The van der Waals surface area contributed by atoms with Crippen molar-refractivity contribution in [2.45, 2.75) is 6.92 Å². The maximum Gasteiger partial charge on any atom is 0.262 e. The van der Waals surface area contributed by atoms with Crippen LogP contribution in [0, 0.1) is 6.92 Å². The van der Waals surface area contributed by atoms with Crippen molar-refractivity contribution in [2.24, 2.45) is 0 Å². The molecule has 15 heavy (non-hydrogen) atoms. The molecule has 0 bridgehead atoms. The number of benzene rings is 1. The van der Waals surface area contributed by atoms with Gasteiger partial charge in [0.1, 0.15) is 0 Å². The van der Waals surface area contributed by atoms with Crippen LogP contribution < -0.4 is 0 Å². The van der Waals surface area contributed by atoms with E-state index in [1.54, 1.807) is 0 Å². The van der Waals surface area contributed by atoms with E-state index >= 15 is 0 Å². The molecule has 0 atom stereocenters. The highest BCUT2D eigenvalue weighted by Gasteiger charge is 2.11. The van der Waals surface area contributed by atoms with Crippen molar-refractivity contribution in [1.29, 1.82) is 0 Å². The SMILES string of the molecule is Cc1cc(C(=O)Cl)sc1-c1ccccc1. The molecule has 76 valence electrons. The van der Waals surface area contributed by atoms with Gasteiger partial charge in [-0.15, -0.1) is 11.3 Å². The number of hydrogen-bond acceptors (Lipinski definition) is 2. The average molecular weight is 237 g/mol. The largest absolute Gasteiger partial charge is 0.275 e. The maximum atomic E-state index is 11.0. The van der Waals surface area contributed by atoms with Crippen molar-refractivity contribution < 1.29 is 4.79 Å². The third-order valence-electron chi connectivity index (χ3n) is 2.15. The monoisotopic (exact) mass is 236 g/mol. The summed E-state index contributed by atoms with van der Waals surface area (Å²) in [4.78, 5) is 12.7. The first kappa shape index (κ1) is 10.4. The molecule has 0 N–H and O–H groups in total. The molecule has 2 rings (SSSR count). The minimum atomic E-state index is -0.384.